The van der Waals surface area contributed by atoms with Gasteiger partial charge in [-0.1, -0.05) is 24.8 Å². The lowest BCUT2D eigenvalue weighted by Crippen LogP contribution is -2.54. The van der Waals surface area contributed by atoms with Gasteiger partial charge in [-0.3, -0.25) is 4.79 Å². The highest BCUT2D eigenvalue weighted by atomic mass is 16.5. The highest BCUT2D eigenvalue weighted by molar-refractivity contribution is 5.84. The number of carbonyl (C=O) groups is 1. The van der Waals surface area contributed by atoms with Gasteiger partial charge in [-0.25, -0.2) is 0 Å². The smallest absolute Gasteiger partial charge is 0.221 e. The number of pyridine rings is 1. The van der Waals surface area contributed by atoms with Crippen LogP contribution in [0.2, 0.25) is 0 Å². The van der Waals surface area contributed by atoms with E-state index in [9.17, 15) is 9.90 Å². The lowest BCUT2D eigenvalue weighted by atomic mass is 10.1. The predicted octanol–water partition coefficient (Wildman–Crippen LogP) is 2.66. The van der Waals surface area contributed by atoms with E-state index in [-0.39, 0.29) is 12.0 Å². The highest BCUT2D eigenvalue weighted by Crippen LogP contribution is 2.26. The van der Waals surface area contributed by atoms with E-state index in [1.165, 1.54) is 6.92 Å². The Kier molecular flexibility index (Phi) is 6.31. The van der Waals surface area contributed by atoms with Gasteiger partial charge in [-0.2, -0.15) is 4.98 Å². The molecule has 0 atom stereocenters. The van der Waals surface area contributed by atoms with Crippen molar-refractivity contribution in [1.82, 2.24) is 10.3 Å². The van der Waals surface area contributed by atoms with Crippen LogP contribution in [0.3, 0.4) is 0 Å². The number of nitrogens with zero attached hydrogens (tertiary/aromatic N) is 3. The van der Waals surface area contributed by atoms with E-state index in [1.807, 2.05) is 54.4 Å². The zero-order valence-corrected chi connectivity index (χ0v) is 18.1. The molecule has 30 heavy (non-hydrogen) atoms. The number of aromatic nitrogens is 1. The van der Waals surface area contributed by atoms with Gasteiger partial charge >= 0.3 is 0 Å². The van der Waals surface area contributed by atoms with Gasteiger partial charge in [-0.15, -0.1) is 0 Å². The molecular weight excluding hydrogens is 380 g/mol. The first-order valence-corrected chi connectivity index (χ1v) is 10.00. The largest absolute Gasteiger partial charge is 0.471 e. The van der Waals surface area contributed by atoms with Crippen molar-refractivity contribution in [3.8, 4) is 5.88 Å². The maximum Gasteiger partial charge on any atom is 0.221 e. The average molecular weight is 411 g/mol. The summed E-state index contributed by atoms with van der Waals surface area (Å²) >= 11 is 0. The van der Waals surface area contributed by atoms with E-state index < -0.39 is 5.60 Å². The Morgan fingerprint density at radius 1 is 1.30 bits per heavy atom. The molecule has 0 spiro atoms. The molecule has 1 saturated heterocycles. The first-order valence-electron chi connectivity index (χ1n) is 10.00. The second-order valence-electron chi connectivity index (χ2n) is 8.35. The number of ether oxygens (including phenoxy) is 1. The van der Waals surface area contributed by atoms with Crippen LogP contribution in [0.5, 0.6) is 5.88 Å². The third-order valence-corrected chi connectivity index (χ3v) is 4.77. The first-order chi connectivity index (χ1) is 14.1. The zero-order chi connectivity index (χ0) is 21.9. The fraction of sp³-hybridized carbons (Fsp3) is 0.391. The monoisotopic (exact) mass is 410 g/mol. The van der Waals surface area contributed by atoms with Crippen LogP contribution in [0.25, 0.3) is 5.70 Å². The summed E-state index contributed by atoms with van der Waals surface area (Å²) in [4.78, 5) is 19.8. The first kappa shape index (κ1) is 21.6. The number of benzene rings is 1. The van der Waals surface area contributed by atoms with Gasteiger partial charge in [0.05, 0.1) is 18.7 Å². The molecule has 1 aliphatic rings. The number of likely N-dealkylation sites (N-methyl/N-ethyl adjacent to an activating group) is 1. The molecule has 2 heterocycles. The molecule has 2 aromatic rings. The number of carbonyl (C=O) groups excluding carboxylic acids is 1. The van der Waals surface area contributed by atoms with Gasteiger partial charge in [0.25, 0.3) is 0 Å². The lowest BCUT2D eigenvalue weighted by molar-refractivity contribution is -0.117. The molecule has 1 amide bonds. The van der Waals surface area contributed by atoms with Crippen LogP contribution < -0.4 is 19.9 Å². The summed E-state index contributed by atoms with van der Waals surface area (Å²) in [5, 5.41) is 12.7. The Morgan fingerprint density at radius 2 is 1.97 bits per heavy atom. The van der Waals surface area contributed by atoms with E-state index in [1.54, 1.807) is 13.8 Å². The maximum absolute atomic E-state index is 11.2. The summed E-state index contributed by atoms with van der Waals surface area (Å²) in [7, 11) is 1.90. The minimum absolute atomic E-state index is 0.0707. The van der Waals surface area contributed by atoms with Crippen LogP contribution in [-0.4, -0.2) is 54.4 Å². The van der Waals surface area contributed by atoms with E-state index >= 15 is 0 Å². The molecule has 3 rings (SSSR count). The summed E-state index contributed by atoms with van der Waals surface area (Å²) in [6.45, 7) is 10.9. The number of nitrogens with one attached hydrogen (secondary N) is 1. The third-order valence-electron chi connectivity index (χ3n) is 4.77. The number of anilines is 2. The second kappa shape index (κ2) is 8.75. The average Bonchev–Trinajstić information content (AvgIpc) is 2.63. The van der Waals surface area contributed by atoms with Crippen molar-refractivity contribution in [3.63, 3.8) is 0 Å². The molecule has 1 aliphatic heterocycles. The van der Waals surface area contributed by atoms with Crippen LogP contribution in [0.4, 0.5) is 11.5 Å². The van der Waals surface area contributed by atoms with Crippen molar-refractivity contribution in [2.75, 3.05) is 36.5 Å². The normalized spacial score (nSPS) is 14.1. The molecule has 0 saturated carbocycles. The van der Waals surface area contributed by atoms with Crippen LogP contribution in [-0.2, 0) is 4.79 Å². The molecular formula is C23H30N4O3. The van der Waals surface area contributed by atoms with Crippen molar-refractivity contribution in [3.05, 3.63) is 54.6 Å². The molecule has 1 aromatic heterocycles. The van der Waals surface area contributed by atoms with Crippen molar-refractivity contribution in [1.29, 1.82) is 0 Å². The van der Waals surface area contributed by atoms with Crippen molar-refractivity contribution < 1.29 is 14.6 Å². The van der Waals surface area contributed by atoms with Crippen LogP contribution in [0, 0.1) is 0 Å². The van der Waals surface area contributed by atoms with E-state index in [0.29, 0.717) is 18.1 Å². The summed E-state index contributed by atoms with van der Waals surface area (Å²) in [5.41, 5.74) is 1.78. The Balaban J connectivity index is 1.53. The number of hydrogen-bond acceptors (Lipinski definition) is 6. The summed E-state index contributed by atoms with van der Waals surface area (Å²) in [5.74, 6) is 1.22. The van der Waals surface area contributed by atoms with Gasteiger partial charge in [0, 0.05) is 38.0 Å². The molecule has 7 heteroatoms. The van der Waals surface area contributed by atoms with Crippen molar-refractivity contribution in [2.45, 2.75) is 32.5 Å². The van der Waals surface area contributed by atoms with Crippen LogP contribution in [0.15, 0.2) is 49.0 Å². The maximum atomic E-state index is 11.2. The van der Waals surface area contributed by atoms with E-state index in [0.717, 1.165) is 30.2 Å². The third kappa shape index (κ3) is 5.73. The molecule has 7 nitrogen and oxygen atoms in total. The van der Waals surface area contributed by atoms with Gasteiger partial charge in [0.15, 0.2) is 0 Å². The molecule has 0 bridgehead atoms. The van der Waals surface area contributed by atoms with Gasteiger partial charge in [0.1, 0.15) is 11.9 Å². The zero-order valence-electron chi connectivity index (χ0n) is 18.1. The Morgan fingerprint density at radius 3 is 2.57 bits per heavy atom. The second-order valence-corrected chi connectivity index (χ2v) is 8.35. The SMILES string of the molecule is C=C(NC(C)=O)c1ccc(N2CC(Oc3cccc(N(C)CC(C)(C)O)n3)C2)cc1. The molecule has 2 N–H and O–H groups in total. The fourth-order valence-electron chi connectivity index (χ4n) is 3.40. The molecule has 0 aliphatic carbocycles. The lowest BCUT2D eigenvalue weighted by Gasteiger charge is -2.40. The van der Waals surface area contributed by atoms with Gasteiger partial charge < -0.3 is 25.0 Å². The quantitative estimate of drug-likeness (QED) is 0.697. The molecule has 160 valence electrons. The summed E-state index contributed by atoms with van der Waals surface area (Å²) in [6, 6.07) is 13.6. The van der Waals surface area contributed by atoms with Gasteiger partial charge in [0.2, 0.25) is 11.8 Å². The minimum Gasteiger partial charge on any atom is -0.471 e. The Bertz CT molecular complexity index is 899. The predicted molar refractivity (Wildman–Crippen MR) is 120 cm³/mol. The number of amides is 1. The molecule has 1 fully saturated rings. The summed E-state index contributed by atoms with van der Waals surface area (Å²) in [6.07, 6.45) is 0.0707. The van der Waals surface area contributed by atoms with Crippen molar-refractivity contribution in [2.24, 2.45) is 0 Å². The Labute approximate surface area is 178 Å². The number of rotatable bonds is 8. The van der Waals surface area contributed by atoms with Crippen LogP contribution in [0.1, 0.15) is 26.3 Å². The van der Waals surface area contributed by atoms with E-state index in [2.05, 4.69) is 21.8 Å². The van der Waals surface area contributed by atoms with Crippen molar-refractivity contribution >= 4 is 23.1 Å². The fourth-order valence-corrected chi connectivity index (χ4v) is 3.40. The van der Waals surface area contributed by atoms with E-state index in [4.69, 9.17) is 4.74 Å². The summed E-state index contributed by atoms with van der Waals surface area (Å²) < 4.78 is 6.03. The standard InChI is InChI=1S/C23H30N4O3/c1-16(24-17(2)28)18-9-11-19(12-10-18)27-13-20(14-27)30-22-8-6-7-21(25-22)26(5)15-23(3,4)29/h6-12,20,29H,1,13-15H2,2-5H3,(H,24,28). The van der Waals surface area contributed by atoms with Gasteiger partial charge in [-0.05, 0) is 37.6 Å². The number of aliphatic hydroxyl groups is 1. The molecule has 0 radical (unpaired) electrons. The molecule has 0 unspecified atom stereocenters. The minimum atomic E-state index is -0.800. The highest BCUT2D eigenvalue weighted by Gasteiger charge is 2.29. The van der Waals surface area contributed by atoms with Crippen LogP contribution >= 0.6 is 0 Å². The topological polar surface area (TPSA) is 77.9 Å². The molecule has 1 aromatic carbocycles. The Hall–Kier alpha value is -3.06. The number of hydrogen-bond donors (Lipinski definition) is 2.